The van der Waals surface area contributed by atoms with Crippen molar-refractivity contribution in [3.05, 3.63) is 100 Å². The molecule has 2 aliphatic rings. The summed E-state index contributed by atoms with van der Waals surface area (Å²) in [6.07, 6.45) is 0.352. The third-order valence-corrected chi connectivity index (χ3v) is 5.90. The number of non-ortho nitro benzene ring substituents is 1. The van der Waals surface area contributed by atoms with Gasteiger partial charge in [0.2, 0.25) is 0 Å². The van der Waals surface area contributed by atoms with E-state index < -0.39 is 28.6 Å². The number of nitro benzene ring substituents is 1. The predicted octanol–water partition coefficient (Wildman–Crippen LogP) is 4.92. The van der Waals surface area contributed by atoms with E-state index in [2.05, 4.69) is 0 Å². The van der Waals surface area contributed by atoms with Crippen molar-refractivity contribution in [3.63, 3.8) is 0 Å². The first-order valence-electron chi connectivity index (χ1n) is 10.1. The molecule has 5 rings (SSSR count). The Morgan fingerprint density at radius 1 is 1.06 bits per heavy atom. The Labute approximate surface area is 183 Å². The third kappa shape index (κ3) is 2.99. The number of nitrogens with zero attached hydrogens (tertiary/aromatic N) is 3. The van der Waals surface area contributed by atoms with Crippen LogP contribution in [0.5, 0.6) is 5.75 Å². The Hall–Kier alpha value is -4.20. The number of carbonyl (C=O) groups is 2. The van der Waals surface area contributed by atoms with Gasteiger partial charge in [-0.2, -0.15) is 0 Å². The summed E-state index contributed by atoms with van der Waals surface area (Å²) in [6.45, 7) is 1.83. The van der Waals surface area contributed by atoms with Crippen LogP contribution >= 0.6 is 0 Å². The van der Waals surface area contributed by atoms with Crippen molar-refractivity contribution in [2.45, 2.75) is 25.1 Å². The van der Waals surface area contributed by atoms with Crippen LogP contribution in [-0.4, -0.2) is 27.5 Å². The molecule has 32 heavy (non-hydrogen) atoms. The van der Waals surface area contributed by atoms with E-state index in [0.29, 0.717) is 17.9 Å². The zero-order valence-corrected chi connectivity index (χ0v) is 17.2. The summed E-state index contributed by atoms with van der Waals surface area (Å²) in [7, 11) is 0. The number of hydrogen-bond donors (Lipinski definition) is 0. The number of anilines is 1. The lowest BCUT2D eigenvalue weighted by molar-refractivity contribution is -0.384. The van der Waals surface area contributed by atoms with Crippen LogP contribution in [-0.2, 0) is 0 Å². The highest BCUT2D eigenvalue weighted by Crippen LogP contribution is 2.49. The van der Waals surface area contributed by atoms with Crippen LogP contribution < -0.4 is 9.64 Å². The van der Waals surface area contributed by atoms with Crippen molar-refractivity contribution in [3.8, 4) is 5.75 Å². The second kappa shape index (κ2) is 7.19. The van der Waals surface area contributed by atoms with Gasteiger partial charge in [0.15, 0.2) is 5.72 Å². The van der Waals surface area contributed by atoms with Crippen LogP contribution in [0, 0.1) is 10.1 Å². The molecule has 2 aliphatic heterocycles. The second-order valence-corrected chi connectivity index (χ2v) is 7.97. The topological polar surface area (TPSA) is 93.0 Å². The van der Waals surface area contributed by atoms with Gasteiger partial charge >= 0.3 is 6.03 Å². The van der Waals surface area contributed by atoms with E-state index in [1.54, 1.807) is 12.1 Å². The summed E-state index contributed by atoms with van der Waals surface area (Å²) in [6, 6.07) is 20.7. The van der Waals surface area contributed by atoms with Crippen molar-refractivity contribution in [2.24, 2.45) is 0 Å². The van der Waals surface area contributed by atoms with Crippen LogP contribution in [0.15, 0.2) is 78.9 Å². The Balaban J connectivity index is 1.66. The van der Waals surface area contributed by atoms with Crippen LogP contribution in [0.25, 0.3) is 0 Å². The van der Waals surface area contributed by atoms with Gasteiger partial charge in [0, 0.05) is 35.4 Å². The molecule has 2 heterocycles. The highest BCUT2D eigenvalue weighted by atomic mass is 16.6. The lowest BCUT2D eigenvalue weighted by atomic mass is 9.88. The number of nitro groups is 1. The molecule has 0 saturated carbocycles. The Morgan fingerprint density at radius 3 is 2.53 bits per heavy atom. The van der Waals surface area contributed by atoms with Gasteiger partial charge in [0.05, 0.1) is 11.0 Å². The minimum Gasteiger partial charge on any atom is -0.467 e. The fourth-order valence-corrected chi connectivity index (χ4v) is 4.49. The van der Waals surface area contributed by atoms with E-state index in [1.807, 2.05) is 49.4 Å². The number of urea groups is 1. The van der Waals surface area contributed by atoms with E-state index >= 15 is 0 Å². The molecule has 1 saturated heterocycles. The second-order valence-electron chi connectivity index (χ2n) is 7.97. The smallest absolute Gasteiger partial charge is 0.335 e. The van der Waals surface area contributed by atoms with Gasteiger partial charge in [-0.3, -0.25) is 24.7 Å². The number of fused-ring (bicyclic) bond motifs is 4. The fourth-order valence-electron chi connectivity index (χ4n) is 4.49. The molecule has 1 fully saturated rings. The van der Waals surface area contributed by atoms with Crippen molar-refractivity contribution < 1.29 is 19.2 Å². The number of imide groups is 1. The first-order valence-corrected chi connectivity index (χ1v) is 10.1. The summed E-state index contributed by atoms with van der Waals surface area (Å²) in [4.78, 5) is 40.7. The van der Waals surface area contributed by atoms with Crippen LogP contribution in [0.3, 0.4) is 0 Å². The monoisotopic (exact) mass is 429 g/mol. The van der Waals surface area contributed by atoms with Gasteiger partial charge in [0.25, 0.3) is 11.6 Å². The summed E-state index contributed by atoms with van der Waals surface area (Å²) in [5.74, 6) is -0.0000856. The molecule has 8 heteroatoms. The molecule has 2 bridgehead atoms. The maximum atomic E-state index is 13.8. The first kappa shape index (κ1) is 19.7. The molecular formula is C24H19N3O5. The summed E-state index contributed by atoms with van der Waals surface area (Å²) in [5.41, 5.74) is 0.182. The van der Waals surface area contributed by atoms with Gasteiger partial charge < -0.3 is 4.74 Å². The molecule has 2 atom stereocenters. The van der Waals surface area contributed by atoms with E-state index in [0.717, 1.165) is 5.56 Å². The lowest BCUT2D eigenvalue weighted by Gasteiger charge is -2.53. The van der Waals surface area contributed by atoms with Crippen LogP contribution in [0.1, 0.15) is 35.3 Å². The molecule has 0 unspecified atom stereocenters. The molecule has 0 radical (unpaired) electrons. The quantitative estimate of drug-likeness (QED) is 0.435. The minimum absolute atomic E-state index is 0.0770. The molecule has 0 aliphatic carbocycles. The SMILES string of the molecule is C[C@@]12C[C@H](c3ccccc3O1)N(C(=O)c1cccc([N+](=O)[O-])c1)C(=O)N2c1ccccc1. The number of ether oxygens (including phenoxy) is 1. The summed E-state index contributed by atoms with van der Waals surface area (Å²) >= 11 is 0. The van der Waals surface area contributed by atoms with E-state index in [4.69, 9.17) is 4.74 Å². The molecule has 0 spiro atoms. The number of rotatable bonds is 3. The van der Waals surface area contributed by atoms with E-state index in [-0.39, 0.29) is 11.3 Å². The number of carbonyl (C=O) groups excluding carboxylic acids is 2. The van der Waals surface area contributed by atoms with Crippen molar-refractivity contribution in [2.75, 3.05) is 4.90 Å². The number of amides is 3. The number of benzene rings is 3. The number of hydrogen-bond acceptors (Lipinski definition) is 5. The van der Waals surface area contributed by atoms with Gasteiger partial charge in [-0.1, -0.05) is 42.5 Å². The van der Waals surface area contributed by atoms with Gasteiger partial charge in [-0.05, 0) is 31.2 Å². The highest BCUT2D eigenvalue weighted by molar-refractivity contribution is 6.10. The van der Waals surface area contributed by atoms with E-state index in [9.17, 15) is 19.7 Å². The molecule has 3 aromatic rings. The largest absolute Gasteiger partial charge is 0.467 e. The highest BCUT2D eigenvalue weighted by Gasteiger charge is 2.55. The zero-order valence-electron chi connectivity index (χ0n) is 17.2. The molecular weight excluding hydrogens is 410 g/mol. The zero-order chi connectivity index (χ0) is 22.5. The van der Waals surface area contributed by atoms with Gasteiger partial charge in [-0.25, -0.2) is 4.79 Å². The average molecular weight is 429 g/mol. The van der Waals surface area contributed by atoms with Crippen LogP contribution in [0.2, 0.25) is 0 Å². The van der Waals surface area contributed by atoms with Gasteiger partial charge in [0.1, 0.15) is 5.75 Å². The molecule has 3 amide bonds. The predicted molar refractivity (Wildman–Crippen MR) is 116 cm³/mol. The Bertz CT molecular complexity index is 1250. The molecule has 3 aromatic carbocycles. The number of para-hydroxylation sites is 2. The summed E-state index contributed by atoms with van der Waals surface area (Å²) in [5, 5.41) is 11.2. The van der Waals surface area contributed by atoms with Crippen molar-refractivity contribution in [1.29, 1.82) is 0 Å². The first-order chi connectivity index (χ1) is 15.4. The Morgan fingerprint density at radius 2 is 1.78 bits per heavy atom. The molecule has 0 N–H and O–H groups in total. The maximum Gasteiger partial charge on any atom is 0.335 e. The summed E-state index contributed by atoms with van der Waals surface area (Å²) < 4.78 is 6.29. The van der Waals surface area contributed by atoms with E-state index in [1.165, 1.54) is 34.1 Å². The molecule has 8 nitrogen and oxygen atoms in total. The normalized spacial score (nSPS) is 21.5. The van der Waals surface area contributed by atoms with Crippen molar-refractivity contribution in [1.82, 2.24) is 4.90 Å². The maximum absolute atomic E-state index is 13.8. The van der Waals surface area contributed by atoms with Crippen molar-refractivity contribution >= 4 is 23.3 Å². The molecule has 0 aromatic heterocycles. The third-order valence-electron chi connectivity index (χ3n) is 5.90. The van der Waals surface area contributed by atoms with Crippen LogP contribution in [0.4, 0.5) is 16.2 Å². The molecule has 160 valence electrons. The lowest BCUT2D eigenvalue weighted by Crippen LogP contribution is -2.67. The standard InChI is InChI=1S/C24H19N3O5/c1-24-15-20(19-12-5-6-13-21(19)32-24)25(23(29)26(24)17-9-3-2-4-10-17)22(28)16-8-7-11-18(14-16)27(30)31/h2-14,20H,15H2,1H3/t20-,24+/m1/s1. The minimum atomic E-state index is -1.00. The van der Waals surface area contributed by atoms with Gasteiger partial charge in [-0.15, -0.1) is 0 Å². The average Bonchev–Trinajstić information content (AvgIpc) is 2.79. The Kier molecular flexibility index (Phi) is 4.44. The fraction of sp³-hybridized carbons (Fsp3) is 0.167.